The second-order valence-electron chi connectivity index (χ2n) is 5.74. The third-order valence-corrected chi connectivity index (χ3v) is 3.91. The number of amides is 2. The monoisotopic (exact) mass is 379 g/mol. The number of H-pyrrole nitrogens is 1. The van der Waals surface area contributed by atoms with Crippen molar-refractivity contribution in [3.63, 3.8) is 0 Å². The Balaban J connectivity index is 1.54. The molecule has 0 unspecified atom stereocenters. The largest absolute Gasteiger partial charge is 0.298 e. The zero-order valence-electron chi connectivity index (χ0n) is 14.4. The highest BCUT2D eigenvalue weighted by atomic mass is 32.1. The Morgan fingerprint density at radius 2 is 1.89 bits per heavy atom. The molecule has 7 nitrogen and oxygen atoms in total. The van der Waals surface area contributed by atoms with E-state index in [1.165, 1.54) is 6.08 Å². The molecule has 0 spiro atoms. The van der Waals surface area contributed by atoms with Crippen LogP contribution in [0.15, 0.2) is 54.6 Å². The van der Waals surface area contributed by atoms with Gasteiger partial charge in [0, 0.05) is 11.8 Å². The van der Waals surface area contributed by atoms with Crippen LogP contribution in [0.3, 0.4) is 0 Å². The predicted octanol–water partition coefficient (Wildman–Crippen LogP) is 2.22. The van der Waals surface area contributed by atoms with Crippen LogP contribution in [0, 0.1) is 6.92 Å². The molecule has 4 N–H and O–H groups in total. The number of carbonyl (C=O) groups excluding carboxylic acids is 2. The summed E-state index contributed by atoms with van der Waals surface area (Å²) in [5, 5.41) is 11.1. The van der Waals surface area contributed by atoms with Gasteiger partial charge in [0.25, 0.3) is 5.91 Å². The molecule has 1 aromatic heterocycles. The van der Waals surface area contributed by atoms with Gasteiger partial charge in [-0.15, -0.1) is 0 Å². The lowest BCUT2D eigenvalue weighted by Gasteiger charge is -2.08. The molecule has 0 fully saturated rings. The number of aromatic amines is 1. The second-order valence-corrected chi connectivity index (χ2v) is 6.14. The Hall–Kier alpha value is -3.52. The highest BCUT2D eigenvalue weighted by Crippen LogP contribution is 2.19. The topological polar surface area (TPSA) is 98.9 Å². The Labute approximate surface area is 160 Å². The van der Waals surface area contributed by atoms with Gasteiger partial charge in [0.05, 0.1) is 0 Å². The van der Waals surface area contributed by atoms with Gasteiger partial charge in [0.15, 0.2) is 10.8 Å². The fourth-order valence-electron chi connectivity index (χ4n) is 2.46. The van der Waals surface area contributed by atoms with Gasteiger partial charge in [0.2, 0.25) is 5.91 Å². The average Bonchev–Trinajstić information content (AvgIpc) is 3.11. The van der Waals surface area contributed by atoms with Crippen LogP contribution in [0.2, 0.25) is 0 Å². The molecule has 0 saturated carbocycles. The molecule has 136 valence electrons. The van der Waals surface area contributed by atoms with E-state index in [0.717, 1.165) is 22.0 Å². The van der Waals surface area contributed by atoms with Crippen molar-refractivity contribution in [2.24, 2.45) is 0 Å². The maximum absolute atomic E-state index is 12.0. The maximum atomic E-state index is 12.0. The van der Waals surface area contributed by atoms with Crippen LogP contribution in [0.4, 0.5) is 0 Å². The van der Waals surface area contributed by atoms with Crippen LogP contribution >= 0.6 is 12.2 Å². The molecule has 2 amide bonds. The van der Waals surface area contributed by atoms with Crippen LogP contribution in [0.5, 0.6) is 0 Å². The molecular weight excluding hydrogens is 362 g/mol. The molecule has 0 radical (unpaired) electrons. The molecule has 0 aliphatic heterocycles. The van der Waals surface area contributed by atoms with Gasteiger partial charge in [-0.2, -0.15) is 5.10 Å². The van der Waals surface area contributed by atoms with Gasteiger partial charge in [-0.25, -0.2) is 0 Å². The predicted molar refractivity (Wildman–Crippen MR) is 108 cm³/mol. The fourth-order valence-corrected chi connectivity index (χ4v) is 2.61. The first-order valence-electron chi connectivity index (χ1n) is 8.12. The van der Waals surface area contributed by atoms with Crippen LogP contribution < -0.4 is 16.2 Å². The highest BCUT2D eigenvalue weighted by Gasteiger charge is 2.09. The molecular formula is C19H17N5O2S. The first kappa shape index (κ1) is 18.3. The summed E-state index contributed by atoms with van der Waals surface area (Å²) in [5.41, 5.74) is 6.72. The normalized spacial score (nSPS) is 10.7. The van der Waals surface area contributed by atoms with Gasteiger partial charge >= 0.3 is 0 Å². The number of aromatic nitrogens is 2. The van der Waals surface area contributed by atoms with Gasteiger partial charge in [-0.1, -0.05) is 42.5 Å². The molecule has 0 bridgehead atoms. The van der Waals surface area contributed by atoms with Gasteiger partial charge in [-0.3, -0.25) is 30.9 Å². The smallest absolute Gasteiger partial charge is 0.290 e. The van der Waals surface area contributed by atoms with Crippen molar-refractivity contribution in [3.05, 3.63) is 71.6 Å². The highest BCUT2D eigenvalue weighted by molar-refractivity contribution is 7.80. The summed E-state index contributed by atoms with van der Waals surface area (Å²) in [7, 11) is 0. The molecule has 0 aliphatic rings. The van der Waals surface area contributed by atoms with E-state index in [2.05, 4.69) is 26.4 Å². The third kappa shape index (κ3) is 4.77. The SMILES string of the molecule is Cc1cc(C(=O)NNC(=S)NC(=O)C=Cc2cccc3ccccc23)n[nH]1. The maximum Gasteiger partial charge on any atom is 0.290 e. The Morgan fingerprint density at radius 3 is 2.67 bits per heavy atom. The summed E-state index contributed by atoms with van der Waals surface area (Å²) < 4.78 is 0. The summed E-state index contributed by atoms with van der Waals surface area (Å²) in [4.78, 5) is 23.9. The third-order valence-electron chi connectivity index (χ3n) is 3.70. The lowest BCUT2D eigenvalue weighted by atomic mass is 10.0. The molecule has 1 heterocycles. The zero-order valence-corrected chi connectivity index (χ0v) is 15.3. The van der Waals surface area contributed by atoms with Crippen molar-refractivity contribution in [1.82, 2.24) is 26.4 Å². The minimum atomic E-state index is -0.470. The fraction of sp³-hybridized carbons (Fsp3) is 0.0526. The summed E-state index contributed by atoms with van der Waals surface area (Å²) in [5.74, 6) is -0.882. The van der Waals surface area contributed by atoms with E-state index in [1.54, 1.807) is 19.1 Å². The molecule has 0 saturated heterocycles. The van der Waals surface area contributed by atoms with E-state index in [0.29, 0.717) is 0 Å². The number of nitrogens with zero attached hydrogens (tertiary/aromatic N) is 1. The number of aryl methyl sites for hydroxylation is 1. The van der Waals surface area contributed by atoms with Crippen molar-refractivity contribution < 1.29 is 9.59 Å². The van der Waals surface area contributed by atoms with E-state index < -0.39 is 11.8 Å². The van der Waals surface area contributed by atoms with Crippen molar-refractivity contribution in [2.45, 2.75) is 6.92 Å². The van der Waals surface area contributed by atoms with E-state index >= 15 is 0 Å². The number of thiocarbonyl (C=S) groups is 1. The van der Waals surface area contributed by atoms with Crippen molar-refractivity contribution in [2.75, 3.05) is 0 Å². The van der Waals surface area contributed by atoms with Crippen LogP contribution in [-0.4, -0.2) is 27.1 Å². The zero-order chi connectivity index (χ0) is 19.2. The molecule has 3 aromatic rings. The quantitative estimate of drug-likeness (QED) is 0.318. The lowest BCUT2D eigenvalue weighted by molar-refractivity contribution is -0.115. The molecule has 8 heteroatoms. The lowest BCUT2D eigenvalue weighted by Crippen LogP contribution is -2.48. The number of nitrogens with one attached hydrogen (secondary N) is 4. The Kier molecular flexibility index (Phi) is 5.58. The van der Waals surface area contributed by atoms with E-state index in [4.69, 9.17) is 12.2 Å². The Morgan fingerprint density at radius 1 is 1.11 bits per heavy atom. The number of benzene rings is 2. The van der Waals surface area contributed by atoms with Crippen molar-refractivity contribution >= 4 is 46.0 Å². The first-order chi connectivity index (χ1) is 13.0. The molecule has 27 heavy (non-hydrogen) atoms. The number of hydrogen-bond donors (Lipinski definition) is 4. The van der Waals surface area contributed by atoms with Crippen LogP contribution in [0.1, 0.15) is 21.7 Å². The molecule has 3 rings (SSSR count). The van der Waals surface area contributed by atoms with Crippen molar-refractivity contribution in [3.8, 4) is 0 Å². The van der Waals surface area contributed by atoms with Gasteiger partial charge in [-0.05, 0) is 47.6 Å². The Bertz CT molecular complexity index is 1040. The van der Waals surface area contributed by atoms with Crippen LogP contribution in [0.25, 0.3) is 16.8 Å². The first-order valence-corrected chi connectivity index (χ1v) is 8.53. The number of hydrazine groups is 1. The van der Waals surface area contributed by atoms with E-state index in [1.807, 2.05) is 42.5 Å². The molecule has 0 atom stereocenters. The van der Waals surface area contributed by atoms with E-state index in [9.17, 15) is 9.59 Å². The minimum Gasteiger partial charge on any atom is -0.298 e. The number of rotatable bonds is 3. The summed E-state index contributed by atoms with van der Waals surface area (Å²) in [6.45, 7) is 1.78. The molecule has 2 aromatic carbocycles. The van der Waals surface area contributed by atoms with Gasteiger partial charge < -0.3 is 0 Å². The van der Waals surface area contributed by atoms with Crippen molar-refractivity contribution in [1.29, 1.82) is 0 Å². The summed E-state index contributed by atoms with van der Waals surface area (Å²) >= 11 is 4.99. The number of hydrogen-bond acceptors (Lipinski definition) is 4. The standard InChI is InChI=1S/C19H17N5O2S/c1-12-11-16(22-21-12)18(26)23-24-19(27)20-17(25)10-9-14-7-4-6-13-5-2-3-8-15(13)14/h2-11H,1H3,(H,21,22)(H,23,26)(H2,20,24,25,27). The van der Waals surface area contributed by atoms with E-state index in [-0.39, 0.29) is 10.8 Å². The summed E-state index contributed by atoms with van der Waals surface area (Å²) in [6.07, 6.45) is 3.10. The molecule has 0 aliphatic carbocycles. The number of fused-ring (bicyclic) bond motifs is 1. The minimum absolute atomic E-state index is 0.0248. The number of carbonyl (C=O) groups is 2. The summed E-state index contributed by atoms with van der Waals surface area (Å²) in [6, 6.07) is 15.4. The average molecular weight is 379 g/mol. The van der Waals surface area contributed by atoms with Crippen LogP contribution in [-0.2, 0) is 4.79 Å². The second kappa shape index (κ2) is 8.24. The van der Waals surface area contributed by atoms with Gasteiger partial charge in [0.1, 0.15) is 0 Å².